The molecule has 0 saturated carbocycles. The summed E-state index contributed by atoms with van der Waals surface area (Å²) in [4.78, 5) is 0. The van der Waals surface area contributed by atoms with Crippen molar-refractivity contribution in [1.82, 2.24) is 10.3 Å². The predicted molar refractivity (Wildman–Crippen MR) is 148 cm³/mol. The minimum absolute atomic E-state index is 0.361. The number of aromatic nitrogens is 2. The minimum Gasteiger partial charge on any atom is -0.490 e. The number of aryl methyl sites for hydroxylation is 4. The predicted octanol–water partition coefficient (Wildman–Crippen LogP) is 9.60. The van der Waals surface area contributed by atoms with Crippen molar-refractivity contribution < 1.29 is 9.37 Å². The molecule has 4 heteroatoms. The molecule has 0 spiro atoms. The normalized spacial score (nSPS) is 11.9. The van der Waals surface area contributed by atoms with Gasteiger partial charge in [0.25, 0.3) is 0 Å². The molecule has 1 aromatic heterocycles. The topological polar surface area (TPSA) is 48.2 Å². The molecule has 1 aliphatic heterocycles. The molecule has 0 amide bonds. The van der Waals surface area contributed by atoms with Gasteiger partial charge in [-0.3, -0.25) is 0 Å². The van der Waals surface area contributed by atoms with Crippen molar-refractivity contribution in [2.75, 3.05) is 0 Å². The largest absolute Gasteiger partial charge is 0.490 e. The van der Waals surface area contributed by atoms with E-state index in [1.807, 2.05) is 95.2 Å². The van der Waals surface area contributed by atoms with Gasteiger partial charge in [0, 0.05) is 12.0 Å². The Morgan fingerprint density at radius 2 is 0.970 bits per heavy atom. The maximum absolute atomic E-state index is 5.72. The summed E-state index contributed by atoms with van der Waals surface area (Å²) in [5.74, 6) is 1.13. The maximum Gasteiger partial charge on any atom is 0.138 e. The van der Waals surface area contributed by atoms with Gasteiger partial charge in [-0.2, -0.15) is 0 Å². The van der Waals surface area contributed by atoms with Crippen molar-refractivity contribution in [3.63, 3.8) is 0 Å². The zero-order chi connectivity index (χ0) is 26.6. The summed E-state index contributed by atoms with van der Waals surface area (Å²) < 4.78 is 10.3. The van der Waals surface area contributed by atoms with Crippen LogP contribution in [0.4, 0.5) is 0 Å². The molecule has 1 unspecified atom stereocenters. The zero-order valence-electron chi connectivity index (χ0n) is 24.3. The van der Waals surface area contributed by atoms with Crippen LogP contribution >= 0.6 is 0 Å². The average molecular weight is 461 g/mol. The van der Waals surface area contributed by atoms with E-state index in [0.29, 0.717) is 6.10 Å². The second-order valence-electron chi connectivity index (χ2n) is 6.30. The van der Waals surface area contributed by atoms with Gasteiger partial charge in [-0.15, -0.1) is 0 Å². The first-order chi connectivity index (χ1) is 16.0. The Hall–Kier alpha value is -2.36. The van der Waals surface area contributed by atoms with Crippen LogP contribution in [0.15, 0.2) is 28.9 Å². The summed E-state index contributed by atoms with van der Waals surface area (Å²) in [5, 5.41) is 7.59. The van der Waals surface area contributed by atoms with E-state index in [1.54, 1.807) is 0 Å². The summed E-state index contributed by atoms with van der Waals surface area (Å²) in [5.41, 5.74) is 7.97. The quantitative estimate of drug-likeness (QED) is 0.335. The number of hydrogen-bond acceptors (Lipinski definition) is 4. The van der Waals surface area contributed by atoms with E-state index < -0.39 is 0 Å². The van der Waals surface area contributed by atoms with Crippen molar-refractivity contribution in [2.24, 2.45) is 0 Å². The number of hydrogen-bond donors (Lipinski definition) is 0. The molecule has 1 aliphatic rings. The van der Waals surface area contributed by atoms with Crippen molar-refractivity contribution in [2.45, 2.75) is 116 Å². The summed E-state index contributed by atoms with van der Waals surface area (Å²) in [7, 11) is 0. The Balaban J connectivity index is -0.000000398. The Morgan fingerprint density at radius 3 is 1.36 bits per heavy atom. The molecule has 3 aromatic rings. The lowest BCUT2D eigenvalue weighted by molar-refractivity contribution is 0.253. The smallest absolute Gasteiger partial charge is 0.138 e. The molecule has 0 aliphatic carbocycles. The molecule has 0 radical (unpaired) electrons. The molecule has 4 rings (SSSR count). The van der Waals surface area contributed by atoms with Crippen LogP contribution in [0, 0.1) is 27.7 Å². The number of fused-ring (bicyclic) bond motifs is 2. The first-order valence-electron chi connectivity index (χ1n) is 12.9. The van der Waals surface area contributed by atoms with Crippen LogP contribution in [0.5, 0.6) is 5.75 Å². The van der Waals surface area contributed by atoms with Gasteiger partial charge in [-0.1, -0.05) is 93.5 Å². The number of nitrogens with zero attached hydrogens (tertiary/aromatic N) is 2. The lowest BCUT2D eigenvalue weighted by Crippen LogP contribution is -2.05. The molecule has 2 aromatic carbocycles. The Morgan fingerprint density at radius 1 is 0.606 bits per heavy atom. The highest BCUT2D eigenvalue weighted by Crippen LogP contribution is 2.34. The minimum atomic E-state index is 0.361. The lowest BCUT2D eigenvalue weighted by Gasteiger charge is -2.06. The van der Waals surface area contributed by atoms with Crippen molar-refractivity contribution in [1.29, 1.82) is 0 Å². The van der Waals surface area contributed by atoms with E-state index >= 15 is 0 Å². The van der Waals surface area contributed by atoms with Crippen LogP contribution in [0.2, 0.25) is 0 Å². The highest BCUT2D eigenvalue weighted by Gasteiger charge is 2.21. The third kappa shape index (κ3) is 10.9. The number of rotatable bonds is 0. The number of ether oxygens (including phenoxy) is 1. The van der Waals surface area contributed by atoms with Crippen LogP contribution in [-0.2, 0) is 6.42 Å². The summed E-state index contributed by atoms with van der Waals surface area (Å²) in [6.07, 6.45) is 1.43. The zero-order valence-corrected chi connectivity index (χ0v) is 24.3. The molecule has 0 N–H and O–H groups in total. The highest BCUT2D eigenvalue weighted by molar-refractivity contribution is 5.79. The van der Waals surface area contributed by atoms with E-state index in [0.717, 1.165) is 34.3 Å². The van der Waals surface area contributed by atoms with E-state index in [2.05, 4.69) is 47.8 Å². The van der Waals surface area contributed by atoms with Gasteiger partial charge < -0.3 is 4.74 Å². The van der Waals surface area contributed by atoms with Crippen molar-refractivity contribution in [3.05, 3.63) is 52.1 Å². The van der Waals surface area contributed by atoms with Gasteiger partial charge in [-0.25, -0.2) is 4.63 Å². The Bertz CT molecular complexity index is 787. The Labute approximate surface area is 205 Å². The van der Waals surface area contributed by atoms with Crippen LogP contribution in [0.25, 0.3) is 11.0 Å². The molecular weight excluding hydrogens is 408 g/mol. The fourth-order valence-electron chi connectivity index (χ4n) is 2.91. The van der Waals surface area contributed by atoms with Gasteiger partial charge in [-0.05, 0) is 67.2 Å². The monoisotopic (exact) mass is 460 g/mol. The second-order valence-corrected chi connectivity index (χ2v) is 6.30. The van der Waals surface area contributed by atoms with E-state index in [9.17, 15) is 0 Å². The fourth-order valence-corrected chi connectivity index (χ4v) is 2.91. The molecule has 0 fully saturated rings. The average Bonchev–Trinajstić information content (AvgIpc) is 3.54. The summed E-state index contributed by atoms with van der Waals surface area (Å²) >= 11 is 0. The molecule has 4 nitrogen and oxygen atoms in total. The van der Waals surface area contributed by atoms with E-state index in [4.69, 9.17) is 4.74 Å². The summed E-state index contributed by atoms with van der Waals surface area (Å²) in [6.45, 7) is 30.4. The van der Waals surface area contributed by atoms with E-state index in [-0.39, 0.29) is 0 Å². The number of benzene rings is 2. The van der Waals surface area contributed by atoms with Gasteiger partial charge in [0.15, 0.2) is 0 Å². The highest BCUT2D eigenvalue weighted by atomic mass is 16.6. The van der Waals surface area contributed by atoms with Crippen LogP contribution < -0.4 is 4.74 Å². The molecular formula is C29H52N2O2. The lowest BCUT2D eigenvalue weighted by atomic mass is 10.0. The van der Waals surface area contributed by atoms with Gasteiger partial charge in [0.1, 0.15) is 22.9 Å². The molecule has 0 bridgehead atoms. The first kappa shape index (κ1) is 35.2. The van der Waals surface area contributed by atoms with Crippen LogP contribution in [0.3, 0.4) is 0 Å². The second kappa shape index (κ2) is 21.5. The Kier molecular flexibility index (Phi) is 22.9. The fraction of sp³-hybridized carbons (Fsp3) is 0.586. The third-order valence-corrected chi connectivity index (χ3v) is 4.32. The SMILES string of the molecule is CC.CC.CC.CC.CC.Cc1ccc(C)c2c1CC(C)O2.Cc1ccc(C)c2nonc12. The van der Waals surface area contributed by atoms with E-state index in [1.165, 1.54) is 16.7 Å². The van der Waals surface area contributed by atoms with Crippen LogP contribution in [0.1, 0.15) is 104 Å². The van der Waals surface area contributed by atoms with Crippen molar-refractivity contribution in [3.8, 4) is 5.75 Å². The van der Waals surface area contributed by atoms with Gasteiger partial charge >= 0.3 is 0 Å². The van der Waals surface area contributed by atoms with Crippen molar-refractivity contribution >= 4 is 11.0 Å². The summed E-state index contributed by atoms with van der Waals surface area (Å²) in [6, 6.07) is 8.34. The van der Waals surface area contributed by atoms with Crippen LogP contribution in [-0.4, -0.2) is 16.4 Å². The molecule has 1 atom stereocenters. The molecule has 0 saturated heterocycles. The van der Waals surface area contributed by atoms with Gasteiger partial charge in [0.2, 0.25) is 0 Å². The molecule has 33 heavy (non-hydrogen) atoms. The van der Waals surface area contributed by atoms with Gasteiger partial charge in [0.05, 0.1) is 0 Å². The standard InChI is InChI=1S/C11H14O.C8H8N2O.5C2H6/c1-7-4-5-8(2)11-10(7)6-9(3)12-11;1-5-3-4-6(2)8-7(5)9-11-10-8;5*1-2/h4-5,9H,6H2,1-3H3;3-4H,1-2H3;5*1-2H3. The molecule has 190 valence electrons. The molecule has 2 heterocycles. The third-order valence-electron chi connectivity index (χ3n) is 4.32. The first-order valence-corrected chi connectivity index (χ1v) is 12.9. The maximum atomic E-state index is 5.72.